The number of aryl methyl sites for hydroxylation is 1. The van der Waals surface area contributed by atoms with Crippen LogP contribution in [-0.2, 0) is 30.5 Å². The second-order valence-electron chi connectivity index (χ2n) is 8.83. The third kappa shape index (κ3) is 3.08. The molecular formula is C21H26N8O2. The van der Waals surface area contributed by atoms with Gasteiger partial charge in [-0.3, -0.25) is 9.78 Å². The molecule has 0 radical (unpaired) electrons. The van der Waals surface area contributed by atoms with Gasteiger partial charge in [-0.1, -0.05) is 0 Å². The maximum absolute atomic E-state index is 12.9. The van der Waals surface area contributed by atoms with Gasteiger partial charge in [-0.25, -0.2) is 9.97 Å². The predicted molar refractivity (Wildman–Crippen MR) is 115 cm³/mol. The molecular weight excluding hydrogens is 396 g/mol. The van der Waals surface area contributed by atoms with Gasteiger partial charge < -0.3 is 14.5 Å². The fourth-order valence-corrected chi connectivity index (χ4v) is 5.23. The zero-order valence-corrected chi connectivity index (χ0v) is 17.8. The molecule has 0 aromatic carbocycles. The van der Waals surface area contributed by atoms with Crippen LogP contribution < -0.4 is 15.4 Å². The summed E-state index contributed by atoms with van der Waals surface area (Å²) in [6.45, 7) is 6.85. The average Bonchev–Trinajstić information content (AvgIpc) is 3.39. The van der Waals surface area contributed by atoms with Gasteiger partial charge in [0, 0.05) is 30.8 Å². The highest BCUT2D eigenvalue weighted by atomic mass is 16.5. The number of aromatic nitrogens is 6. The molecule has 3 aliphatic rings. The van der Waals surface area contributed by atoms with E-state index in [2.05, 4.69) is 24.9 Å². The van der Waals surface area contributed by atoms with Crippen molar-refractivity contribution < 1.29 is 4.74 Å². The topological polar surface area (TPSA) is 105 Å². The maximum Gasteiger partial charge on any atom is 0.255 e. The van der Waals surface area contributed by atoms with Crippen molar-refractivity contribution in [2.75, 3.05) is 29.4 Å². The van der Waals surface area contributed by atoms with Crippen LogP contribution in [-0.4, -0.2) is 61.4 Å². The quantitative estimate of drug-likeness (QED) is 0.649. The summed E-state index contributed by atoms with van der Waals surface area (Å²) in [5, 5.41) is 4.44. The molecule has 1 aliphatic carbocycles. The van der Waals surface area contributed by atoms with E-state index < -0.39 is 0 Å². The Morgan fingerprint density at radius 2 is 1.87 bits per heavy atom. The number of rotatable bonds is 2. The largest absolute Gasteiger partial charge is 0.372 e. The van der Waals surface area contributed by atoms with Crippen molar-refractivity contribution >= 4 is 17.5 Å². The zero-order chi connectivity index (χ0) is 21.1. The van der Waals surface area contributed by atoms with Crippen molar-refractivity contribution in [3.05, 3.63) is 39.2 Å². The highest BCUT2D eigenvalue weighted by molar-refractivity contribution is 5.57. The minimum Gasteiger partial charge on any atom is -0.372 e. The minimum atomic E-state index is -0.0303. The van der Waals surface area contributed by atoms with Crippen molar-refractivity contribution in [1.29, 1.82) is 0 Å². The summed E-state index contributed by atoms with van der Waals surface area (Å²) in [6, 6.07) is 0. The van der Waals surface area contributed by atoms with Crippen LogP contribution >= 0.6 is 0 Å². The summed E-state index contributed by atoms with van der Waals surface area (Å²) in [7, 11) is 0. The Balaban J connectivity index is 1.39. The first-order valence-electron chi connectivity index (χ1n) is 11.1. The molecule has 0 amide bonds. The number of anilines is 2. The SMILES string of the molecule is C[C@H]1CN(c2nc3c(c(=O)[nH]2)CCN(c2c4c(nc5ncnn25)CCC4)C3)C[C@H](C)O1. The summed E-state index contributed by atoms with van der Waals surface area (Å²) < 4.78 is 7.68. The molecule has 0 bridgehead atoms. The van der Waals surface area contributed by atoms with E-state index in [1.807, 2.05) is 18.4 Å². The van der Waals surface area contributed by atoms with Crippen LogP contribution in [0.5, 0.6) is 0 Å². The first kappa shape index (κ1) is 18.7. The van der Waals surface area contributed by atoms with Gasteiger partial charge in [0.1, 0.15) is 12.1 Å². The van der Waals surface area contributed by atoms with E-state index in [1.165, 1.54) is 5.56 Å². The highest BCUT2D eigenvalue weighted by Crippen LogP contribution is 2.33. The molecule has 2 aliphatic heterocycles. The number of aromatic amines is 1. The predicted octanol–water partition coefficient (Wildman–Crippen LogP) is 0.873. The molecule has 5 heterocycles. The maximum atomic E-state index is 12.9. The Hall–Kier alpha value is -3.01. The molecule has 10 nitrogen and oxygen atoms in total. The van der Waals surface area contributed by atoms with Crippen LogP contribution in [0.15, 0.2) is 11.1 Å². The molecule has 3 aromatic rings. The van der Waals surface area contributed by atoms with Gasteiger partial charge in [0.05, 0.1) is 30.1 Å². The van der Waals surface area contributed by atoms with Gasteiger partial charge in [-0.15, -0.1) is 0 Å². The number of fused-ring (bicyclic) bond motifs is 3. The fourth-order valence-electron chi connectivity index (χ4n) is 5.23. The van der Waals surface area contributed by atoms with Crippen molar-refractivity contribution in [3.8, 4) is 0 Å². The fraction of sp³-hybridized carbons (Fsp3) is 0.571. The Kier molecular flexibility index (Phi) is 4.24. The number of ether oxygens (including phenoxy) is 1. The summed E-state index contributed by atoms with van der Waals surface area (Å²) >= 11 is 0. The zero-order valence-electron chi connectivity index (χ0n) is 17.8. The molecule has 0 unspecified atom stereocenters. The first-order valence-corrected chi connectivity index (χ1v) is 11.1. The number of H-pyrrole nitrogens is 1. The van der Waals surface area contributed by atoms with E-state index in [9.17, 15) is 4.79 Å². The molecule has 162 valence electrons. The summed E-state index contributed by atoms with van der Waals surface area (Å²) in [6.07, 6.45) is 5.48. The average molecular weight is 422 g/mol. The lowest BCUT2D eigenvalue weighted by molar-refractivity contribution is -0.00575. The van der Waals surface area contributed by atoms with Gasteiger partial charge in [0.15, 0.2) is 0 Å². The van der Waals surface area contributed by atoms with Gasteiger partial charge in [0.2, 0.25) is 5.95 Å². The molecule has 0 saturated carbocycles. The number of morpholine rings is 1. The highest BCUT2D eigenvalue weighted by Gasteiger charge is 2.30. The Morgan fingerprint density at radius 3 is 2.71 bits per heavy atom. The number of hydrogen-bond donors (Lipinski definition) is 1. The molecule has 0 spiro atoms. The Bertz CT molecular complexity index is 1210. The monoisotopic (exact) mass is 422 g/mol. The van der Waals surface area contributed by atoms with Crippen LogP contribution in [0.4, 0.5) is 11.8 Å². The van der Waals surface area contributed by atoms with E-state index >= 15 is 0 Å². The van der Waals surface area contributed by atoms with Crippen molar-refractivity contribution in [1.82, 2.24) is 29.5 Å². The molecule has 6 rings (SSSR count). The second-order valence-corrected chi connectivity index (χ2v) is 8.83. The van der Waals surface area contributed by atoms with Crippen LogP contribution in [0, 0.1) is 0 Å². The smallest absolute Gasteiger partial charge is 0.255 e. The number of nitrogens with zero attached hydrogens (tertiary/aromatic N) is 7. The molecule has 31 heavy (non-hydrogen) atoms. The molecule has 1 N–H and O–H groups in total. The van der Waals surface area contributed by atoms with Crippen molar-refractivity contribution in [2.45, 2.75) is 58.3 Å². The normalized spacial score (nSPS) is 23.3. The van der Waals surface area contributed by atoms with Crippen molar-refractivity contribution in [2.24, 2.45) is 0 Å². The van der Waals surface area contributed by atoms with E-state index in [-0.39, 0.29) is 17.8 Å². The van der Waals surface area contributed by atoms with Crippen LogP contribution in [0.1, 0.15) is 42.8 Å². The first-order chi connectivity index (χ1) is 15.1. The van der Waals surface area contributed by atoms with E-state index in [0.717, 1.165) is 48.6 Å². The third-order valence-corrected chi connectivity index (χ3v) is 6.50. The van der Waals surface area contributed by atoms with Gasteiger partial charge >= 0.3 is 0 Å². The van der Waals surface area contributed by atoms with Crippen LogP contribution in [0.25, 0.3) is 5.78 Å². The van der Waals surface area contributed by atoms with Crippen molar-refractivity contribution in [3.63, 3.8) is 0 Å². The summed E-state index contributed by atoms with van der Waals surface area (Å²) in [5.41, 5.74) is 3.97. The molecule has 2 atom stereocenters. The standard InChI is InChI=1S/C21H26N8O2/c1-12-8-28(9-13(2)31-12)21-25-17-10-27(7-6-14(17)18(30)26-21)19-15-4-3-5-16(15)24-20-22-11-23-29(19)20/h11-13H,3-10H2,1-2H3,(H,25,26,30)/t12-,13-/m0/s1. The van der Waals surface area contributed by atoms with E-state index in [4.69, 9.17) is 14.7 Å². The molecule has 3 aromatic heterocycles. The lowest BCUT2D eigenvalue weighted by Gasteiger charge is -2.36. The van der Waals surface area contributed by atoms with E-state index in [1.54, 1.807) is 6.33 Å². The summed E-state index contributed by atoms with van der Waals surface area (Å²) in [5.74, 6) is 2.33. The minimum absolute atomic E-state index is 0.0303. The summed E-state index contributed by atoms with van der Waals surface area (Å²) in [4.78, 5) is 34.2. The number of hydrogen-bond acceptors (Lipinski definition) is 8. The Labute approximate surface area is 179 Å². The van der Waals surface area contributed by atoms with E-state index in [0.29, 0.717) is 37.8 Å². The van der Waals surface area contributed by atoms with Crippen LogP contribution in [0.3, 0.4) is 0 Å². The molecule has 1 saturated heterocycles. The van der Waals surface area contributed by atoms with Gasteiger partial charge in [-0.2, -0.15) is 14.6 Å². The molecule has 1 fully saturated rings. The lowest BCUT2D eigenvalue weighted by Crippen LogP contribution is -2.47. The molecule has 10 heteroatoms. The van der Waals surface area contributed by atoms with Crippen LogP contribution in [0.2, 0.25) is 0 Å². The number of nitrogens with one attached hydrogen (secondary N) is 1. The second kappa shape index (κ2) is 7.01. The Morgan fingerprint density at radius 1 is 1.03 bits per heavy atom. The van der Waals surface area contributed by atoms with Gasteiger partial charge in [-0.05, 0) is 39.5 Å². The lowest BCUT2D eigenvalue weighted by atomic mass is 10.1. The third-order valence-electron chi connectivity index (χ3n) is 6.50. The van der Waals surface area contributed by atoms with Gasteiger partial charge in [0.25, 0.3) is 11.3 Å².